The van der Waals surface area contributed by atoms with E-state index in [1.54, 1.807) is 63.5 Å². The van der Waals surface area contributed by atoms with Crippen LogP contribution >= 0.6 is 0 Å². The first-order valence-corrected chi connectivity index (χ1v) is 10.6. The van der Waals surface area contributed by atoms with Gasteiger partial charge in [-0.25, -0.2) is 8.42 Å². The van der Waals surface area contributed by atoms with Crippen molar-refractivity contribution in [3.05, 3.63) is 71.6 Å². The maximum absolute atomic E-state index is 13.1. The first-order chi connectivity index (χ1) is 14.2. The van der Waals surface area contributed by atoms with Gasteiger partial charge < -0.3 is 14.2 Å². The van der Waals surface area contributed by atoms with Crippen LogP contribution in [0.15, 0.2) is 64.0 Å². The highest BCUT2D eigenvalue weighted by atomic mass is 32.2. The van der Waals surface area contributed by atoms with Crippen LogP contribution in [0.2, 0.25) is 0 Å². The number of sulfonamides is 1. The van der Waals surface area contributed by atoms with Gasteiger partial charge in [0.1, 0.15) is 17.2 Å². The number of nitrogens with zero attached hydrogens (tertiary/aromatic N) is 3. The monoisotopic (exact) mass is 429 g/mol. The molecule has 2 aromatic carbocycles. The fourth-order valence-corrected chi connectivity index (χ4v) is 4.15. The van der Waals surface area contributed by atoms with E-state index >= 15 is 0 Å². The van der Waals surface area contributed by atoms with E-state index < -0.39 is 10.0 Å². The number of rotatable bonds is 7. The van der Waals surface area contributed by atoms with E-state index in [0.717, 1.165) is 4.31 Å². The Morgan fingerprint density at radius 2 is 1.80 bits per heavy atom. The Hall–Kier alpha value is -3.33. The number of anilines is 1. The number of aryl methyl sites for hydroxylation is 1. The van der Waals surface area contributed by atoms with E-state index in [9.17, 15) is 13.2 Å². The second-order valence-corrected chi connectivity index (χ2v) is 8.76. The van der Waals surface area contributed by atoms with Crippen LogP contribution in [-0.2, 0) is 16.6 Å². The summed E-state index contributed by atoms with van der Waals surface area (Å²) < 4.78 is 37.4. The van der Waals surface area contributed by atoms with Crippen molar-refractivity contribution >= 4 is 21.6 Å². The Bertz CT molecular complexity index is 1140. The summed E-state index contributed by atoms with van der Waals surface area (Å²) in [5.41, 5.74) is 1.36. The summed E-state index contributed by atoms with van der Waals surface area (Å²) in [4.78, 5) is 14.3. The van der Waals surface area contributed by atoms with Gasteiger partial charge in [0, 0.05) is 25.7 Å². The average Bonchev–Trinajstić information content (AvgIpc) is 3.17. The third-order valence-electron chi connectivity index (χ3n) is 4.60. The molecule has 0 fully saturated rings. The Morgan fingerprint density at radius 1 is 1.10 bits per heavy atom. The summed E-state index contributed by atoms with van der Waals surface area (Å²) >= 11 is 0. The minimum Gasteiger partial charge on any atom is -0.497 e. The van der Waals surface area contributed by atoms with Crippen molar-refractivity contribution in [2.75, 3.05) is 25.5 Å². The number of aromatic nitrogens is 1. The summed E-state index contributed by atoms with van der Waals surface area (Å²) in [5.74, 6) is 0.961. The van der Waals surface area contributed by atoms with Crippen LogP contribution < -0.4 is 9.04 Å². The number of amides is 1. The van der Waals surface area contributed by atoms with E-state index in [1.807, 2.05) is 0 Å². The van der Waals surface area contributed by atoms with Crippen molar-refractivity contribution in [2.24, 2.45) is 0 Å². The Morgan fingerprint density at radius 3 is 2.40 bits per heavy atom. The van der Waals surface area contributed by atoms with Crippen LogP contribution in [0, 0.1) is 6.92 Å². The summed E-state index contributed by atoms with van der Waals surface area (Å²) in [7, 11) is 0.771. The van der Waals surface area contributed by atoms with Crippen LogP contribution in [0.25, 0.3) is 0 Å². The molecule has 1 heterocycles. The van der Waals surface area contributed by atoms with Crippen molar-refractivity contribution in [2.45, 2.75) is 18.4 Å². The number of methoxy groups -OCH3 is 1. The molecule has 0 aliphatic carbocycles. The second kappa shape index (κ2) is 8.58. The zero-order valence-corrected chi connectivity index (χ0v) is 18.0. The van der Waals surface area contributed by atoms with Gasteiger partial charge in [0.25, 0.3) is 15.9 Å². The molecule has 0 spiro atoms. The molecule has 8 nitrogen and oxygen atoms in total. The van der Waals surface area contributed by atoms with E-state index in [0.29, 0.717) is 22.9 Å². The first-order valence-electron chi connectivity index (χ1n) is 9.13. The molecule has 0 saturated heterocycles. The Labute approximate surface area is 175 Å². The lowest BCUT2D eigenvalue weighted by Gasteiger charge is -2.21. The van der Waals surface area contributed by atoms with Gasteiger partial charge in [-0.3, -0.25) is 9.10 Å². The zero-order valence-electron chi connectivity index (χ0n) is 17.2. The molecule has 0 bridgehead atoms. The molecule has 0 N–H and O–H groups in total. The predicted octanol–water partition coefficient (Wildman–Crippen LogP) is 3.09. The molecule has 0 aliphatic rings. The molecule has 0 unspecified atom stereocenters. The Balaban J connectivity index is 1.82. The maximum Gasteiger partial charge on any atom is 0.264 e. The van der Waals surface area contributed by atoms with Gasteiger partial charge in [0.05, 0.1) is 24.2 Å². The van der Waals surface area contributed by atoms with E-state index in [1.165, 1.54) is 24.1 Å². The SMILES string of the molecule is COc1ccc(N(C)S(=O)(=O)c2cccc(C(=O)N(C)Cc3cc(C)on3)c2)cc1. The van der Waals surface area contributed by atoms with Crippen molar-refractivity contribution in [3.63, 3.8) is 0 Å². The van der Waals surface area contributed by atoms with Crippen molar-refractivity contribution in [3.8, 4) is 5.75 Å². The molecule has 1 amide bonds. The lowest BCUT2D eigenvalue weighted by molar-refractivity contribution is 0.0782. The topological polar surface area (TPSA) is 93.0 Å². The highest BCUT2D eigenvalue weighted by Crippen LogP contribution is 2.25. The molecule has 3 aromatic rings. The molecule has 158 valence electrons. The van der Waals surface area contributed by atoms with E-state index in [4.69, 9.17) is 9.26 Å². The largest absolute Gasteiger partial charge is 0.497 e. The number of hydrogen-bond donors (Lipinski definition) is 0. The lowest BCUT2D eigenvalue weighted by Crippen LogP contribution is -2.28. The third-order valence-corrected chi connectivity index (χ3v) is 6.38. The van der Waals surface area contributed by atoms with Crippen LogP contribution in [0.4, 0.5) is 5.69 Å². The minimum absolute atomic E-state index is 0.0253. The van der Waals surface area contributed by atoms with E-state index in [2.05, 4.69) is 5.16 Å². The molecular formula is C21H23N3O5S. The maximum atomic E-state index is 13.1. The fraction of sp³-hybridized carbons (Fsp3) is 0.238. The highest BCUT2D eigenvalue weighted by molar-refractivity contribution is 7.92. The fourth-order valence-electron chi connectivity index (χ4n) is 2.91. The van der Waals surface area contributed by atoms with Crippen LogP contribution in [0.5, 0.6) is 5.75 Å². The molecular weight excluding hydrogens is 406 g/mol. The molecule has 9 heteroatoms. The summed E-state index contributed by atoms with van der Waals surface area (Å²) in [6.45, 7) is 2.02. The predicted molar refractivity (Wildman–Crippen MR) is 112 cm³/mol. The van der Waals surface area contributed by atoms with Gasteiger partial charge in [-0.1, -0.05) is 11.2 Å². The second-order valence-electron chi connectivity index (χ2n) is 6.79. The summed E-state index contributed by atoms with van der Waals surface area (Å²) in [6.07, 6.45) is 0. The first kappa shape index (κ1) is 21.4. The smallest absolute Gasteiger partial charge is 0.264 e. The highest BCUT2D eigenvalue weighted by Gasteiger charge is 2.23. The molecule has 0 atom stereocenters. The quantitative estimate of drug-likeness (QED) is 0.573. The van der Waals surface area contributed by atoms with Gasteiger partial charge >= 0.3 is 0 Å². The van der Waals surface area contributed by atoms with Crippen LogP contribution in [0.3, 0.4) is 0 Å². The van der Waals surface area contributed by atoms with Crippen molar-refractivity contribution < 1.29 is 22.5 Å². The molecule has 30 heavy (non-hydrogen) atoms. The third kappa shape index (κ3) is 4.46. The molecule has 0 radical (unpaired) electrons. The minimum atomic E-state index is -3.85. The summed E-state index contributed by atoms with van der Waals surface area (Å²) in [5, 5.41) is 3.88. The normalized spacial score (nSPS) is 11.2. The van der Waals surface area contributed by atoms with Crippen molar-refractivity contribution in [1.82, 2.24) is 10.1 Å². The molecule has 3 rings (SSSR count). The standard InChI is InChI=1S/C21H23N3O5S/c1-15-12-17(22-29-15)14-23(2)21(25)16-6-5-7-20(13-16)30(26,27)24(3)18-8-10-19(28-4)11-9-18/h5-13H,14H2,1-4H3. The van der Waals surface area contributed by atoms with Crippen molar-refractivity contribution in [1.29, 1.82) is 0 Å². The van der Waals surface area contributed by atoms with Gasteiger partial charge in [-0.2, -0.15) is 0 Å². The zero-order chi connectivity index (χ0) is 21.9. The Kier molecular flexibility index (Phi) is 6.12. The lowest BCUT2D eigenvalue weighted by atomic mass is 10.2. The molecule has 0 aliphatic heterocycles. The number of benzene rings is 2. The van der Waals surface area contributed by atoms with Gasteiger partial charge in [-0.05, 0) is 49.4 Å². The number of carbonyl (C=O) groups excluding carboxylic acids is 1. The molecule has 0 saturated carbocycles. The number of ether oxygens (including phenoxy) is 1. The summed E-state index contributed by atoms with van der Waals surface area (Å²) in [6, 6.07) is 14.4. The van der Waals surface area contributed by atoms with Gasteiger partial charge in [-0.15, -0.1) is 0 Å². The molecule has 1 aromatic heterocycles. The van der Waals surface area contributed by atoms with Gasteiger partial charge in [0.2, 0.25) is 0 Å². The number of hydrogen-bond acceptors (Lipinski definition) is 6. The number of carbonyl (C=O) groups is 1. The van der Waals surface area contributed by atoms with E-state index in [-0.39, 0.29) is 22.9 Å². The van der Waals surface area contributed by atoms with Crippen LogP contribution in [-0.4, -0.2) is 45.6 Å². The van der Waals surface area contributed by atoms with Crippen LogP contribution in [0.1, 0.15) is 21.8 Å². The van der Waals surface area contributed by atoms with Gasteiger partial charge in [0.15, 0.2) is 0 Å². The average molecular weight is 429 g/mol.